The van der Waals surface area contributed by atoms with Gasteiger partial charge < -0.3 is 14.2 Å². The molecule has 0 radical (unpaired) electrons. The number of ether oxygens (including phenoxy) is 3. The van der Waals surface area contributed by atoms with Crippen molar-refractivity contribution in [1.29, 1.82) is 0 Å². The second kappa shape index (κ2) is 8.29. The van der Waals surface area contributed by atoms with Gasteiger partial charge in [0.15, 0.2) is 5.60 Å². The van der Waals surface area contributed by atoms with Crippen molar-refractivity contribution in [3.8, 4) is 11.5 Å². The van der Waals surface area contributed by atoms with Crippen molar-refractivity contribution in [2.24, 2.45) is 22.7 Å². The first-order chi connectivity index (χ1) is 18.0. The summed E-state index contributed by atoms with van der Waals surface area (Å²) in [6.45, 7) is 8.20. The average molecular weight is 511 g/mol. The van der Waals surface area contributed by atoms with Gasteiger partial charge in [-0.3, -0.25) is 9.59 Å². The van der Waals surface area contributed by atoms with E-state index in [9.17, 15) is 14.4 Å². The summed E-state index contributed by atoms with van der Waals surface area (Å²) in [5.74, 6) is -0.311. The molecule has 194 valence electrons. The van der Waals surface area contributed by atoms with Crippen molar-refractivity contribution in [3.63, 3.8) is 0 Å². The lowest BCUT2D eigenvalue weighted by Gasteiger charge is -2.30. The Morgan fingerprint density at radius 3 is 1.92 bits per heavy atom. The molecule has 2 aliphatic carbocycles. The van der Waals surface area contributed by atoms with Crippen LogP contribution in [0, 0.1) is 22.7 Å². The van der Waals surface area contributed by atoms with Crippen LogP contribution >= 0.6 is 0 Å². The van der Waals surface area contributed by atoms with E-state index in [1.807, 2.05) is 32.0 Å². The lowest BCUT2D eigenvalue weighted by atomic mass is 9.80. The Balaban J connectivity index is 1.36. The number of carbonyl (C=O) groups is 3. The van der Waals surface area contributed by atoms with Gasteiger partial charge in [0.05, 0.1) is 17.4 Å². The summed E-state index contributed by atoms with van der Waals surface area (Å²) in [6.07, 6.45) is 1.62. The molecule has 2 fully saturated rings. The minimum atomic E-state index is -1.25. The predicted molar refractivity (Wildman–Crippen MR) is 140 cm³/mol. The molecule has 3 aliphatic rings. The van der Waals surface area contributed by atoms with E-state index in [1.54, 1.807) is 54.6 Å². The molecule has 1 heterocycles. The molecule has 0 bridgehead atoms. The van der Waals surface area contributed by atoms with Gasteiger partial charge in [0, 0.05) is 16.7 Å². The first-order valence-electron chi connectivity index (χ1n) is 13.0. The van der Waals surface area contributed by atoms with Crippen molar-refractivity contribution < 1.29 is 28.6 Å². The van der Waals surface area contributed by atoms with E-state index in [-0.39, 0.29) is 34.6 Å². The van der Waals surface area contributed by atoms with Crippen molar-refractivity contribution in [3.05, 3.63) is 95.1 Å². The standard InChI is InChI=1S/C32H30O6/c1-30(2)17-25(30)28(34)36-21-14-12-19(13-15-21)32(24-11-6-5-10-23(24)27(33)38-32)20-8-7-9-22(16-20)37-29(35)26-18-31(26,3)4/h5-16,25-26H,17-18H2,1-4H3. The summed E-state index contributed by atoms with van der Waals surface area (Å²) in [5.41, 5.74) is 1.19. The van der Waals surface area contributed by atoms with Gasteiger partial charge in [-0.25, -0.2) is 4.79 Å². The van der Waals surface area contributed by atoms with Crippen LogP contribution < -0.4 is 9.47 Å². The van der Waals surface area contributed by atoms with E-state index in [1.165, 1.54) is 0 Å². The van der Waals surface area contributed by atoms with E-state index in [2.05, 4.69) is 13.8 Å². The highest BCUT2D eigenvalue weighted by Crippen LogP contribution is 2.53. The molecule has 0 amide bonds. The number of rotatable bonds is 6. The molecule has 2 saturated carbocycles. The fraction of sp³-hybridized carbons (Fsp3) is 0.344. The van der Waals surface area contributed by atoms with Crippen LogP contribution in [0.25, 0.3) is 0 Å². The third-order valence-corrected chi connectivity index (χ3v) is 8.31. The Labute approximate surface area is 221 Å². The number of hydrogen-bond acceptors (Lipinski definition) is 6. The lowest BCUT2D eigenvalue weighted by Crippen LogP contribution is -2.29. The molecular weight excluding hydrogens is 480 g/mol. The Kier molecular flexibility index (Phi) is 5.32. The number of cyclic esters (lactones) is 1. The molecule has 0 saturated heterocycles. The molecule has 38 heavy (non-hydrogen) atoms. The fourth-order valence-electron chi connectivity index (χ4n) is 5.46. The topological polar surface area (TPSA) is 78.9 Å². The summed E-state index contributed by atoms with van der Waals surface area (Å²) in [5, 5.41) is 0. The van der Waals surface area contributed by atoms with Crippen LogP contribution in [-0.2, 0) is 19.9 Å². The smallest absolute Gasteiger partial charge is 0.340 e. The summed E-state index contributed by atoms with van der Waals surface area (Å²) in [6, 6.07) is 21.5. The van der Waals surface area contributed by atoms with Gasteiger partial charge in [0.2, 0.25) is 0 Å². The van der Waals surface area contributed by atoms with Crippen molar-refractivity contribution in [1.82, 2.24) is 0 Å². The Hall–Kier alpha value is -3.93. The van der Waals surface area contributed by atoms with Gasteiger partial charge in [-0.1, -0.05) is 70.2 Å². The zero-order valence-corrected chi connectivity index (χ0v) is 21.9. The van der Waals surface area contributed by atoms with Crippen molar-refractivity contribution in [2.75, 3.05) is 0 Å². The van der Waals surface area contributed by atoms with Crippen molar-refractivity contribution in [2.45, 2.75) is 46.1 Å². The molecule has 0 spiro atoms. The molecule has 0 N–H and O–H groups in total. The van der Waals surface area contributed by atoms with Crippen LogP contribution in [0.3, 0.4) is 0 Å². The van der Waals surface area contributed by atoms with E-state index < -0.39 is 11.6 Å². The maximum absolute atomic E-state index is 13.0. The van der Waals surface area contributed by atoms with Crippen LogP contribution in [-0.4, -0.2) is 17.9 Å². The molecular formula is C32H30O6. The van der Waals surface area contributed by atoms with E-state index >= 15 is 0 Å². The number of hydrogen-bond donors (Lipinski definition) is 0. The number of carbonyl (C=O) groups excluding carboxylic acids is 3. The molecule has 0 aromatic heterocycles. The number of fused-ring (bicyclic) bond motifs is 1. The van der Waals surface area contributed by atoms with E-state index in [0.29, 0.717) is 33.8 Å². The molecule has 1 aliphatic heterocycles. The highest BCUT2D eigenvalue weighted by Gasteiger charge is 2.53. The average Bonchev–Trinajstić information content (AvgIpc) is 3.70. The summed E-state index contributed by atoms with van der Waals surface area (Å²) in [7, 11) is 0. The van der Waals surface area contributed by atoms with Gasteiger partial charge in [-0.2, -0.15) is 0 Å². The van der Waals surface area contributed by atoms with E-state index in [4.69, 9.17) is 14.2 Å². The van der Waals surface area contributed by atoms with Crippen LogP contribution in [0.5, 0.6) is 11.5 Å². The van der Waals surface area contributed by atoms with Gasteiger partial charge in [0.1, 0.15) is 11.5 Å². The summed E-state index contributed by atoms with van der Waals surface area (Å²) >= 11 is 0. The Bertz CT molecular complexity index is 1470. The first-order valence-corrected chi connectivity index (χ1v) is 13.0. The van der Waals surface area contributed by atoms with Crippen LogP contribution in [0.2, 0.25) is 0 Å². The minimum absolute atomic E-state index is 0.0213. The van der Waals surface area contributed by atoms with Gasteiger partial charge in [-0.05, 0) is 54.0 Å². The monoisotopic (exact) mass is 510 g/mol. The molecule has 6 nitrogen and oxygen atoms in total. The SMILES string of the molecule is CC1(C)CC1C(=O)Oc1ccc(C2(c3cccc(OC(=O)C4CC4(C)C)c3)OC(=O)c3ccccc32)cc1. The number of benzene rings is 3. The minimum Gasteiger partial charge on any atom is -0.441 e. The maximum Gasteiger partial charge on any atom is 0.340 e. The number of esters is 3. The highest BCUT2D eigenvalue weighted by molar-refractivity contribution is 5.96. The third kappa shape index (κ3) is 3.99. The fourth-order valence-corrected chi connectivity index (χ4v) is 5.46. The van der Waals surface area contributed by atoms with Crippen LogP contribution in [0.1, 0.15) is 67.6 Å². The molecule has 3 aromatic carbocycles. The normalized spacial score (nSPS) is 25.6. The first kappa shape index (κ1) is 24.4. The van der Waals surface area contributed by atoms with Crippen LogP contribution in [0.4, 0.5) is 0 Å². The zero-order chi connectivity index (χ0) is 26.9. The predicted octanol–water partition coefficient (Wildman–Crippen LogP) is 6.05. The molecule has 6 rings (SSSR count). The maximum atomic E-state index is 13.0. The Morgan fingerprint density at radius 2 is 1.32 bits per heavy atom. The second-order valence-corrected chi connectivity index (χ2v) is 12.0. The van der Waals surface area contributed by atoms with E-state index in [0.717, 1.165) is 12.8 Å². The lowest BCUT2D eigenvalue weighted by molar-refractivity contribution is -0.137. The largest absolute Gasteiger partial charge is 0.441 e. The van der Waals surface area contributed by atoms with Gasteiger partial charge in [-0.15, -0.1) is 0 Å². The summed E-state index contributed by atoms with van der Waals surface area (Å²) in [4.78, 5) is 38.2. The quantitative estimate of drug-likeness (QED) is 0.297. The molecule has 3 unspecified atom stereocenters. The third-order valence-electron chi connectivity index (χ3n) is 8.31. The van der Waals surface area contributed by atoms with Gasteiger partial charge >= 0.3 is 17.9 Å². The van der Waals surface area contributed by atoms with Crippen LogP contribution in [0.15, 0.2) is 72.8 Å². The van der Waals surface area contributed by atoms with Crippen molar-refractivity contribution >= 4 is 17.9 Å². The van der Waals surface area contributed by atoms with Gasteiger partial charge in [0.25, 0.3) is 0 Å². The second-order valence-electron chi connectivity index (χ2n) is 12.0. The Morgan fingerprint density at radius 1 is 0.737 bits per heavy atom. The molecule has 3 aromatic rings. The highest BCUT2D eigenvalue weighted by atomic mass is 16.6. The summed E-state index contributed by atoms with van der Waals surface area (Å²) < 4.78 is 17.5. The zero-order valence-electron chi connectivity index (χ0n) is 21.9. The molecule has 3 atom stereocenters. The molecule has 6 heteroatoms.